The van der Waals surface area contributed by atoms with E-state index < -0.39 is 0 Å². The fourth-order valence-corrected chi connectivity index (χ4v) is 5.83. The number of nitrogens with zero attached hydrogens (tertiary/aromatic N) is 1. The normalized spacial score (nSPS) is 44.1. The van der Waals surface area contributed by atoms with Crippen molar-refractivity contribution in [2.75, 3.05) is 13.6 Å². The quantitative estimate of drug-likeness (QED) is 0.845. The molecule has 0 heterocycles. The number of nitrogens with two attached hydrogens (primary N) is 1. The van der Waals surface area contributed by atoms with Crippen LogP contribution in [0.3, 0.4) is 0 Å². The van der Waals surface area contributed by atoms with Gasteiger partial charge in [0.1, 0.15) is 0 Å². The summed E-state index contributed by atoms with van der Waals surface area (Å²) < 4.78 is 0. The van der Waals surface area contributed by atoms with E-state index in [0.717, 1.165) is 36.1 Å². The topological polar surface area (TPSA) is 29.3 Å². The summed E-state index contributed by atoms with van der Waals surface area (Å²) in [6.45, 7) is 7.93. The number of hydrogen-bond acceptors (Lipinski definition) is 2. The molecule has 2 heteroatoms. The van der Waals surface area contributed by atoms with E-state index in [4.69, 9.17) is 5.73 Å². The van der Waals surface area contributed by atoms with Crippen molar-refractivity contribution in [2.24, 2.45) is 35.3 Å². The van der Waals surface area contributed by atoms with Crippen molar-refractivity contribution in [3.8, 4) is 0 Å². The number of rotatable bonds is 4. The van der Waals surface area contributed by atoms with Gasteiger partial charge in [-0.15, -0.1) is 0 Å². The fraction of sp³-hybridized carbons (Fsp3) is 1.00. The van der Waals surface area contributed by atoms with Gasteiger partial charge in [-0.2, -0.15) is 0 Å². The molecule has 0 spiro atoms. The SMILES string of the molecule is CC(C)N(C)CC(C)(N)C1C2CC3CC(C2)CC1C3. The molecule has 4 bridgehead atoms. The Morgan fingerprint density at radius 3 is 1.95 bits per heavy atom. The van der Waals surface area contributed by atoms with Crippen LogP contribution in [-0.4, -0.2) is 30.1 Å². The first kappa shape index (κ1) is 13.9. The van der Waals surface area contributed by atoms with E-state index in [1.165, 1.54) is 32.1 Å². The Kier molecular flexibility index (Phi) is 3.46. The molecular formula is C17H32N2. The molecule has 0 radical (unpaired) electrons. The summed E-state index contributed by atoms with van der Waals surface area (Å²) in [5, 5.41) is 0. The summed E-state index contributed by atoms with van der Waals surface area (Å²) in [5.41, 5.74) is 6.84. The smallest absolute Gasteiger partial charge is 0.0288 e. The lowest BCUT2D eigenvalue weighted by molar-refractivity contribution is -0.0718. The van der Waals surface area contributed by atoms with E-state index in [-0.39, 0.29) is 5.54 Å². The van der Waals surface area contributed by atoms with Crippen LogP contribution in [0.1, 0.15) is 52.9 Å². The van der Waals surface area contributed by atoms with Crippen molar-refractivity contribution < 1.29 is 0 Å². The zero-order chi connectivity index (χ0) is 13.8. The zero-order valence-corrected chi connectivity index (χ0v) is 13.2. The highest BCUT2D eigenvalue weighted by molar-refractivity contribution is 5.06. The Morgan fingerprint density at radius 2 is 1.53 bits per heavy atom. The third-order valence-corrected chi connectivity index (χ3v) is 6.46. The van der Waals surface area contributed by atoms with Gasteiger partial charge < -0.3 is 10.6 Å². The molecule has 19 heavy (non-hydrogen) atoms. The van der Waals surface area contributed by atoms with Crippen LogP contribution in [0.4, 0.5) is 0 Å². The second-order valence-electron chi connectivity index (χ2n) is 8.47. The Hall–Kier alpha value is -0.0800. The van der Waals surface area contributed by atoms with Crippen molar-refractivity contribution in [2.45, 2.75) is 64.5 Å². The number of hydrogen-bond donors (Lipinski definition) is 1. The Morgan fingerprint density at radius 1 is 1.05 bits per heavy atom. The fourth-order valence-electron chi connectivity index (χ4n) is 5.83. The van der Waals surface area contributed by atoms with E-state index in [2.05, 4.69) is 32.7 Å². The summed E-state index contributed by atoms with van der Waals surface area (Å²) in [7, 11) is 2.23. The second-order valence-corrected chi connectivity index (χ2v) is 8.47. The zero-order valence-electron chi connectivity index (χ0n) is 13.2. The maximum atomic E-state index is 6.84. The first-order chi connectivity index (χ1) is 8.87. The minimum absolute atomic E-state index is 0.00162. The third-order valence-electron chi connectivity index (χ3n) is 6.46. The molecule has 4 fully saturated rings. The van der Waals surface area contributed by atoms with Gasteiger partial charge in [0.2, 0.25) is 0 Å². The van der Waals surface area contributed by atoms with Crippen molar-refractivity contribution in [3.05, 3.63) is 0 Å². The van der Waals surface area contributed by atoms with Crippen LogP contribution in [0.5, 0.6) is 0 Å². The first-order valence-electron chi connectivity index (χ1n) is 8.36. The van der Waals surface area contributed by atoms with Crippen molar-refractivity contribution >= 4 is 0 Å². The molecule has 110 valence electrons. The van der Waals surface area contributed by atoms with Crippen molar-refractivity contribution in [3.63, 3.8) is 0 Å². The van der Waals surface area contributed by atoms with Gasteiger partial charge in [0.05, 0.1) is 0 Å². The standard InChI is InChI=1S/C17H32N2/c1-11(2)19(4)10-17(3,18)16-14-6-12-5-13(8-14)9-15(16)7-12/h11-16H,5-10,18H2,1-4H3. The van der Waals surface area contributed by atoms with Gasteiger partial charge in [-0.1, -0.05) is 0 Å². The van der Waals surface area contributed by atoms with Crippen LogP contribution in [0.2, 0.25) is 0 Å². The van der Waals surface area contributed by atoms with Crippen LogP contribution >= 0.6 is 0 Å². The van der Waals surface area contributed by atoms with Gasteiger partial charge in [-0.25, -0.2) is 0 Å². The van der Waals surface area contributed by atoms with Gasteiger partial charge in [-0.3, -0.25) is 0 Å². The molecule has 0 amide bonds. The molecule has 0 saturated heterocycles. The molecule has 4 aliphatic rings. The van der Waals surface area contributed by atoms with Crippen molar-refractivity contribution in [1.29, 1.82) is 0 Å². The lowest BCUT2D eigenvalue weighted by atomic mass is 9.48. The molecule has 1 atom stereocenters. The van der Waals surface area contributed by atoms with Crippen LogP contribution in [0.15, 0.2) is 0 Å². The Balaban J connectivity index is 1.74. The monoisotopic (exact) mass is 264 g/mol. The third kappa shape index (κ3) is 2.47. The molecule has 0 aromatic rings. The van der Waals surface area contributed by atoms with E-state index in [0.29, 0.717) is 6.04 Å². The Bertz CT molecular complexity index is 306. The maximum Gasteiger partial charge on any atom is 0.0288 e. The molecule has 2 nitrogen and oxygen atoms in total. The molecule has 4 aliphatic carbocycles. The average Bonchev–Trinajstić information content (AvgIpc) is 2.25. The van der Waals surface area contributed by atoms with E-state index in [1.54, 1.807) is 0 Å². The second kappa shape index (κ2) is 4.73. The minimum Gasteiger partial charge on any atom is -0.324 e. The van der Waals surface area contributed by atoms with E-state index in [1.807, 2.05) is 0 Å². The van der Waals surface area contributed by atoms with Crippen LogP contribution in [0, 0.1) is 29.6 Å². The summed E-state index contributed by atoms with van der Waals surface area (Å²) >= 11 is 0. The van der Waals surface area contributed by atoms with Gasteiger partial charge in [0.25, 0.3) is 0 Å². The molecule has 0 aliphatic heterocycles. The highest BCUT2D eigenvalue weighted by atomic mass is 15.1. The summed E-state index contributed by atoms with van der Waals surface area (Å²) in [4.78, 5) is 2.44. The lowest BCUT2D eigenvalue weighted by Crippen LogP contribution is -2.61. The van der Waals surface area contributed by atoms with Crippen LogP contribution < -0.4 is 5.73 Å². The van der Waals surface area contributed by atoms with Crippen molar-refractivity contribution in [1.82, 2.24) is 4.90 Å². The molecule has 1 unspecified atom stereocenters. The minimum atomic E-state index is 0.00162. The molecular weight excluding hydrogens is 232 g/mol. The summed E-state index contributed by atoms with van der Waals surface area (Å²) in [6.07, 6.45) is 7.46. The molecule has 4 saturated carbocycles. The highest BCUT2D eigenvalue weighted by Crippen LogP contribution is 2.58. The predicted molar refractivity (Wildman–Crippen MR) is 80.9 cm³/mol. The van der Waals surface area contributed by atoms with E-state index in [9.17, 15) is 0 Å². The average molecular weight is 264 g/mol. The first-order valence-corrected chi connectivity index (χ1v) is 8.36. The maximum absolute atomic E-state index is 6.84. The largest absolute Gasteiger partial charge is 0.324 e. The van der Waals surface area contributed by atoms with Gasteiger partial charge in [0.15, 0.2) is 0 Å². The van der Waals surface area contributed by atoms with E-state index >= 15 is 0 Å². The molecule has 0 aromatic carbocycles. The predicted octanol–water partition coefficient (Wildman–Crippen LogP) is 3.12. The summed E-state index contributed by atoms with van der Waals surface area (Å²) in [6, 6.07) is 0.597. The van der Waals surface area contributed by atoms with Gasteiger partial charge in [0, 0.05) is 18.1 Å². The highest BCUT2D eigenvalue weighted by Gasteiger charge is 2.53. The number of likely N-dealkylation sites (N-methyl/N-ethyl adjacent to an activating group) is 1. The molecule has 4 rings (SSSR count). The van der Waals surface area contributed by atoms with Crippen LogP contribution in [0.25, 0.3) is 0 Å². The Labute approximate surface area is 119 Å². The van der Waals surface area contributed by atoms with Crippen LogP contribution in [-0.2, 0) is 0 Å². The van der Waals surface area contributed by atoms with Gasteiger partial charge in [-0.05, 0) is 89.5 Å². The lowest BCUT2D eigenvalue weighted by Gasteiger charge is -2.59. The summed E-state index contributed by atoms with van der Waals surface area (Å²) in [5.74, 6) is 4.76. The molecule has 0 aromatic heterocycles. The molecule has 2 N–H and O–H groups in total. The van der Waals surface area contributed by atoms with Gasteiger partial charge >= 0.3 is 0 Å².